The van der Waals surface area contributed by atoms with E-state index in [2.05, 4.69) is 4.98 Å². The third-order valence-electron chi connectivity index (χ3n) is 4.25. The quantitative estimate of drug-likeness (QED) is 0.809. The molecule has 5 heteroatoms. The summed E-state index contributed by atoms with van der Waals surface area (Å²) < 4.78 is 1.53. The van der Waals surface area contributed by atoms with Gasteiger partial charge in [0.25, 0.3) is 5.56 Å². The van der Waals surface area contributed by atoms with Crippen LogP contribution in [0.25, 0.3) is 10.2 Å². The molecule has 1 aromatic carbocycles. The lowest BCUT2D eigenvalue weighted by molar-refractivity contribution is 0.155. The van der Waals surface area contributed by atoms with Crippen LogP contribution < -0.4 is 5.56 Å². The standard InChI is InChI=1S/C17H16N2O2S/c20-13(11-5-2-1-3-6-11)9-19-10-18-16-15(17(19)21)12-7-4-8-14(12)22-16/h1-3,5-6,10,13,20H,4,7-9H2/t13-/m0/s1. The molecule has 0 aliphatic heterocycles. The fraction of sp³-hybridized carbons (Fsp3) is 0.294. The lowest BCUT2D eigenvalue weighted by Crippen LogP contribution is -2.23. The van der Waals surface area contributed by atoms with Crippen LogP contribution in [0.5, 0.6) is 0 Å². The summed E-state index contributed by atoms with van der Waals surface area (Å²) in [6, 6.07) is 9.40. The Bertz CT molecular complexity index is 883. The van der Waals surface area contributed by atoms with E-state index >= 15 is 0 Å². The number of aliphatic hydroxyl groups is 1. The van der Waals surface area contributed by atoms with E-state index in [-0.39, 0.29) is 12.1 Å². The fourth-order valence-corrected chi connectivity index (χ4v) is 4.34. The molecule has 1 N–H and O–H groups in total. The predicted molar refractivity (Wildman–Crippen MR) is 87.3 cm³/mol. The summed E-state index contributed by atoms with van der Waals surface area (Å²) in [6.45, 7) is 0.233. The van der Waals surface area contributed by atoms with Crippen molar-refractivity contribution in [2.24, 2.45) is 0 Å². The second-order valence-electron chi connectivity index (χ2n) is 5.67. The third kappa shape index (κ3) is 2.17. The van der Waals surface area contributed by atoms with Crippen molar-refractivity contribution in [3.63, 3.8) is 0 Å². The average Bonchev–Trinajstić information content (AvgIpc) is 3.11. The second kappa shape index (κ2) is 5.34. The molecule has 112 valence electrons. The van der Waals surface area contributed by atoms with Crippen LogP contribution in [0.15, 0.2) is 41.5 Å². The second-order valence-corrected chi connectivity index (χ2v) is 6.75. The zero-order chi connectivity index (χ0) is 15.1. The summed E-state index contributed by atoms with van der Waals surface area (Å²) in [7, 11) is 0. The average molecular weight is 312 g/mol. The van der Waals surface area contributed by atoms with E-state index in [1.165, 1.54) is 15.0 Å². The minimum Gasteiger partial charge on any atom is -0.387 e. The molecule has 0 saturated heterocycles. The maximum atomic E-state index is 12.7. The number of aliphatic hydroxyl groups excluding tert-OH is 1. The Labute approximate surface area is 131 Å². The highest BCUT2D eigenvalue weighted by atomic mass is 32.1. The number of hydrogen-bond donors (Lipinski definition) is 1. The summed E-state index contributed by atoms with van der Waals surface area (Å²) in [6.07, 6.45) is 4.00. The summed E-state index contributed by atoms with van der Waals surface area (Å²) in [5.74, 6) is 0. The molecule has 22 heavy (non-hydrogen) atoms. The van der Waals surface area contributed by atoms with Gasteiger partial charge in [-0.25, -0.2) is 4.98 Å². The number of aromatic nitrogens is 2. The molecule has 1 atom stereocenters. The van der Waals surface area contributed by atoms with Crippen molar-refractivity contribution in [2.45, 2.75) is 31.9 Å². The van der Waals surface area contributed by atoms with E-state index in [4.69, 9.17) is 0 Å². The summed E-state index contributed by atoms with van der Waals surface area (Å²) in [4.78, 5) is 19.3. The van der Waals surface area contributed by atoms with Crippen LogP contribution in [0, 0.1) is 0 Å². The molecule has 0 amide bonds. The number of benzene rings is 1. The number of aryl methyl sites for hydroxylation is 2. The smallest absolute Gasteiger partial charge is 0.262 e. The Morgan fingerprint density at radius 1 is 1.27 bits per heavy atom. The maximum Gasteiger partial charge on any atom is 0.262 e. The number of nitrogens with zero attached hydrogens (tertiary/aromatic N) is 2. The first-order valence-electron chi connectivity index (χ1n) is 7.47. The van der Waals surface area contributed by atoms with Crippen LogP contribution in [-0.4, -0.2) is 14.7 Å². The van der Waals surface area contributed by atoms with Gasteiger partial charge in [0.15, 0.2) is 0 Å². The van der Waals surface area contributed by atoms with Crippen molar-refractivity contribution in [2.75, 3.05) is 0 Å². The van der Waals surface area contributed by atoms with Crippen molar-refractivity contribution in [1.82, 2.24) is 9.55 Å². The van der Waals surface area contributed by atoms with Crippen LogP contribution in [0.4, 0.5) is 0 Å². The van der Waals surface area contributed by atoms with E-state index in [1.54, 1.807) is 17.7 Å². The largest absolute Gasteiger partial charge is 0.387 e. The highest BCUT2D eigenvalue weighted by Crippen LogP contribution is 2.34. The highest BCUT2D eigenvalue weighted by molar-refractivity contribution is 7.18. The molecular weight excluding hydrogens is 296 g/mol. The van der Waals surface area contributed by atoms with E-state index in [0.29, 0.717) is 0 Å². The van der Waals surface area contributed by atoms with E-state index in [9.17, 15) is 9.90 Å². The van der Waals surface area contributed by atoms with E-state index in [1.807, 2.05) is 30.3 Å². The van der Waals surface area contributed by atoms with Crippen molar-refractivity contribution >= 4 is 21.6 Å². The molecule has 2 heterocycles. The molecular formula is C17H16N2O2S. The van der Waals surface area contributed by atoms with Crippen LogP contribution in [0.1, 0.15) is 28.5 Å². The summed E-state index contributed by atoms with van der Waals surface area (Å²) in [5.41, 5.74) is 1.96. The molecule has 0 unspecified atom stereocenters. The van der Waals surface area contributed by atoms with Gasteiger partial charge in [-0.05, 0) is 30.4 Å². The van der Waals surface area contributed by atoms with Gasteiger partial charge in [-0.15, -0.1) is 11.3 Å². The van der Waals surface area contributed by atoms with Gasteiger partial charge in [0.2, 0.25) is 0 Å². The van der Waals surface area contributed by atoms with Crippen LogP contribution in [-0.2, 0) is 19.4 Å². The molecule has 2 aromatic heterocycles. The van der Waals surface area contributed by atoms with Gasteiger partial charge < -0.3 is 5.11 Å². The number of fused-ring (bicyclic) bond motifs is 3. The van der Waals surface area contributed by atoms with Gasteiger partial charge in [0.05, 0.1) is 24.4 Å². The Morgan fingerprint density at radius 3 is 2.91 bits per heavy atom. The van der Waals surface area contributed by atoms with Crippen molar-refractivity contribution in [1.29, 1.82) is 0 Å². The first-order valence-corrected chi connectivity index (χ1v) is 8.28. The first kappa shape index (κ1) is 13.7. The molecule has 0 radical (unpaired) electrons. The SMILES string of the molecule is O=c1c2c3c(sc2ncn1C[C@H](O)c1ccccc1)CCC3. The van der Waals surface area contributed by atoms with Crippen LogP contribution >= 0.6 is 11.3 Å². The maximum absolute atomic E-state index is 12.7. The summed E-state index contributed by atoms with van der Waals surface area (Å²) >= 11 is 1.64. The monoisotopic (exact) mass is 312 g/mol. The Kier molecular flexibility index (Phi) is 3.32. The number of thiophene rings is 1. The molecule has 1 aliphatic rings. The minimum absolute atomic E-state index is 0.0284. The van der Waals surface area contributed by atoms with Gasteiger partial charge in [-0.3, -0.25) is 9.36 Å². The third-order valence-corrected chi connectivity index (χ3v) is 5.45. The van der Waals surface area contributed by atoms with Gasteiger partial charge in [0.1, 0.15) is 4.83 Å². The molecule has 0 bridgehead atoms. The van der Waals surface area contributed by atoms with E-state index in [0.717, 1.165) is 35.0 Å². The van der Waals surface area contributed by atoms with E-state index < -0.39 is 6.10 Å². The fourth-order valence-electron chi connectivity index (χ4n) is 3.12. The van der Waals surface area contributed by atoms with Crippen LogP contribution in [0.2, 0.25) is 0 Å². The lowest BCUT2D eigenvalue weighted by atomic mass is 10.1. The van der Waals surface area contributed by atoms with Crippen molar-refractivity contribution in [3.05, 3.63) is 63.0 Å². The van der Waals surface area contributed by atoms with Gasteiger partial charge in [-0.2, -0.15) is 0 Å². The predicted octanol–water partition coefficient (Wildman–Crippen LogP) is 2.68. The van der Waals surface area contributed by atoms with Crippen LogP contribution in [0.3, 0.4) is 0 Å². The van der Waals surface area contributed by atoms with Crippen molar-refractivity contribution < 1.29 is 5.11 Å². The molecule has 4 rings (SSSR count). The Morgan fingerprint density at radius 2 is 2.09 bits per heavy atom. The minimum atomic E-state index is -0.704. The number of hydrogen-bond acceptors (Lipinski definition) is 4. The van der Waals surface area contributed by atoms with Gasteiger partial charge in [-0.1, -0.05) is 30.3 Å². The lowest BCUT2D eigenvalue weighted by Gasteiger charge is -2.12. The Balaban J connectivity index is 1.74. The van der Waals surface area contributed by atoms with Crippen molar-refractivity contribution in [3.8, 4) is 0 Å². The number of rotatable bonds is 3. The molecule has 4 nitrogen and oxygen atoms in total. The summed E-state index contributed by atoms with van der Waals surface area (Å²) in [5, 5.41) is 11.1. The molecule has 1 aliphatic carbocycles. The van der Waals surface area contributed by atoms with Gasteiger partial charge >= 0.3 is 0 Å². The zero-order valence-electron chi connectivity index (χ0n) is 12.0. The zero-order valence-corrected chi connectivity index (χ0v) is 12.8. The molecule has 0 saturated carbocycles. The molecule has 0 fully saturated rings. The van der Waals surface area contributed by atoms with Gasteiger partial charge in [0, 0.05) is 4.88 Å². The first-order chi connectivity index (χ1) is 10.7. The highest BCUT2D eigenvalue weighted by Gasteiger charge is 2.21. The molecule has 3 aromatic rings. The molecule has 0 spiro atoms. The normalized spacial score (nSPS) is 15.1. The Hall–Kier alpha value is -1.98. The topological polar surface area (TPSA) is 55.1 Å².